The molecule has 0 saturated carbocycles. The van der Waals surface area contributed by atoms with Gasteiger partial charge in [-0.3, -0.25) is 4.79 Å². The molecule has 2 rings (SSSR count). The van der Waals surface area contributed by atoms with Crippen LogP contribution in [0.2, 0.25) is 0 Å². The summed E-state index contributed by atoms with van der Waals surface area (Å²) in [4.78, 5) is 18.0. The largest absolute Gasteiger partial charge is 0.368 e. The van der Waals surface area contributed by atoms with Gasteiger partial charge in [0.2, 0.25) is 0 Å². The number of nitrogens with one attached hydrogen (secondary N) is 2. The number of carbonyl (C=O) groups excluding carboxylic acids is 1. The zero-order chi connectivity index (χ0) is 9.10. The number of amides is 1. The lowest BCUT2D eigenvalue weighted by molar-refractivity contribution is -0.124. The van der Waals surface area contributed by atoms with Gasteiger partial charge in [-0.25, -0.2) is 4.98 Å². The number of anilines is 1. The standard InChI is InChI=1S/C8H11N3O2/c12-8(6-2-1-3-13-6)11-7-4-9-5-10-7/h4-6H,1-3H2,(H,9,10)(H,11,12)/t6-/m0/s1. The van der Waals surface area contributed by atoms with Gasteiger partial charge in [-0.05, 0) is 12.8 Å². The molecule has 1 aromatic heterocycles. The maximum atomic E-state index is 11.4. The van der Waals surface area contributed by atoms with Gasteiger partial charge in [-0.2, -0.15) is 0 Å². The molecule has 2 N–H and O–H groups in total. The van der Waals surface area contributed by atoms with Crippen molar-refractivity contribution in [3.05, 3.63) is 12.5 Å². The molecule has 0 unspecified atom stereocenters. The predicted octanol–water partition coefficient (Wildman–Crippen LogP) is 0.527. The van der Waals surface area contributed by atoms with Crippen molar-refractivity contribution >= 4 is 11.7 Å². The Balaban J connectivity index is 1.91. The molecule has 13 heavy (non-hydrogen) atoms. The number of carbonyl (C=O) groups is 1. The van der Waals surface area contributed by atoms with E-state index in [1.807, 2.05) is 0 Å². The van der Waals surface area contributed by atoms with Crippen LogP contribution < -0.4 is 5.32 Å². The zero-order valence-electron chi connectivity index (χ0n) is 7.12. The van der Waals surface area contributed by atoms with Crippen LogP contribution in [0.25, 0.3) is 0 Å². The van der Waals surface area contributed by atoms with Crippen LogP contribution in [0.5, 0.6) is 0 Å². The molecule has 1 aromatic rings. The monoisotopic (exact) mass is 181 g/mol. The molecule has 2 heterocycles. The summed E-state index contributed by atoms with van der Waals surface area (Å²) in [5, 5.41) is 2.68. The van der Waals surface area contributed by atoms with Crippen molar-refractivity contribution in [2.45, 2.75) is 18.9 Å². The molecular weight excluding hydrogens is 170 g/mol. The second kappa shape index (κ2) is 3.57. The highest BCUT2D eigenvalue weighted by Gasteiger charge is 2.23. The molecule has 1 amide bonds. The van der Waals surface area contributed by atoms with E-state index in [1.165, 1.54) is 6.33 Å². The first-order valence-electron chi connectivity index (χ1n) is 4.27. The first-order valence-corrected chi connectivity index (χ1v) is 4.27. The van der Waals surface area contributed by atoms with Gasteiger partial charge in [0.05, 0.1) is 12.5 Å². The van der Waals surface area contributed by atoms with E-state index in [0.717, 1.165) is 12.8 Å². The summed E-state index contributed by atoms with van der Waals surface area (Å²) in [6.07, 6.45) is 4.56. The van der Waals surface area contributed by atoms with Gasteiger partial charge in [0.1, 0.15) is 11.9 Å². The van der Waals surface area contributed by atoms with Crippen LogP contribution in [0, 0.1) is 0 Å². The number of aromatic amines is 1. The molecule has 0 spiro atoms. The van der Waals surface area contributed by atoms with E-state index >= 15 is 0 Å². The number of hydrogen-bond acceptors (Lipinski definition) is 3. The fourth-order valence-electron chi connectivity index (χ4n) is 1.32. The fourth-order valence-corrected chi connectivity index (χ4v) is 1.32. The molecule has 1 aliphatic rings. The van der Waals surface area contributed by atoms with Crippen molar-refractivity contribution in [1.29, 1.82) is 0 Å². The van der Waals surface area contributed by atoms with Gasteiger partial charge in [-0.1, -0.05) is 0 Å². The topological polar surface area (TPSA) is 67.0 Å². The Morgan fingerprint density at radius 3 is 3.31 bits per heavy atom. The van der Waals surface area contributed by atoms with E-state index < -0.39 is 0 Å². The lowest BCUT2D eigenvalue weighted by Crippen LogP contribution is -2.26. The number of nitrogens with zero attached hydrogens (tertiary/aromatic N) is 1. The number of H-pyrrole nitrogens is 1. The lowest BCUT2D eigenvalue weighted by Gasteiger charge is -2.07. The molecule has 5 nitrogen and oxygen atoms in total. The van der Waals surface area contributed by atoms with Crippen molar-refractivity contribution in [3.8, 4) is 0 Å². The number of rotatable bonds is 2. The van der Waals surface area contributed by atoms with Crippen molar-refractivity contribution in [1.82, 2.24) is 9.97 Å². The van der Waals surface area contributed by atoms with Crippen LogP contribution in [0.1, 0.15) is 12.8 Å². The highest BCUT2D eigenvalue weighted by molar-refractivity contribution is 5.93. The summed E-state index contributed by atoms with van der Waals surface area (Å²) in [6.45, 7) is 0.682. The fraction of sp³-hybridized carbons (Fsp3) is 0.500. The van der Waals surface area contributed by atoms with E-state index in [1.54, 1.807) is 6.20 Å². The first kappa shape index (κ1) is 8.25. The van der Waals surface area contributed by atoms with Crippen LogP contribution in [0.4, 0.5) is 5.82 Å². The van der Waals surface area contributed by atoms with Crippen molar-refractivity contribution in [2.75, 3.05) is 11.9 Å². The van der Waals surface area contributed by atoms with Gasteiger partial charge in [0, 0.05) is 6.61 Å². The molecule has 1 fully saturated rings. The summed E-state index contributed by atoms with van der Waals surface area (Å²) < 4.78 is 5.22. The molecule has 1 aliphatic heterocycles. The highest BCUT2D eigenvalue weighted by Crippen LogP contribution is 2.13. The average Bonchev–Trinajstić information content (AvgIpc) is 2.74. The Bertz CT molecular complexity index is 278. The Morgan fingerprint density at radius 1 is 1.77 bits per heavy atom. The summed E-state index contributed by atoms with van der Waals surface area (Å²) in [5.74, 6) is 0.516. The number of hydrogen-bond donors (Lipinski definition) is 2. The third-order valence-electron chi connectivity index (χ3n) is 1.98. The summed E-state index contributed by atoms with van der Waals surface area (Å²) in [7, 11) is 0. The smallest absolute Gasteiger partial charge is 0.254 e. The van der Waals surface area contributed by atoms with Crippen LogP contribution in [-0.4, -0.2) is 28.6 Å². The van der Waals surface area contributed by atoms with Crippen molar-refractivity contribution < 1.29 is 9.53 Å². The maximum Gasteiger partial charge on any atom is 0.254 e. The second-order valence-electron chi connectivity index (χ2n) is 2.96. The van der Waals surface area contributed by atoms with Gasteiger partial charge >= 0.3 is 0 Å². The number of aromatic nitrogens is 2. The molecule has 0 aromatic carbocycles. The van der Waals surface area contributed by atoms with E-state index in [-0.39, 0.29) is 12.0 Å². The van der Waals surface area contributed by atoms with Gasteiger partial charge in [-0.15, -0.1) is 0 Å². The quantitative estimate of drug-likeness (QED) is 0.699. The number of ether oxygens (including phenoxy) is 1. The molecule has 1 atom stereocenters. The van der Waals surface area contributed by atoms with Crippen molar-refractivity contribution in [3.63, 3.8) is 0 Å². The van der Waals surface area contributed by atoms with Crippen LogP contribution in [-0.2, 0) is 9.53 Å². The van der Waals surface area contributed by atoms with Gasteiger partial charge < -0.3 is 15.0 Å². The maximum absolute atomic E-state index is 11.4. The predicted molar refractivity (Wildman–Crippen MR) is 46.2 cm³/mol. The Labute approximate surface area is 75.5 Å². The van der Waals surface area contributed by atoms with E-state index in [4.69, 9.17) is 4.74 Å². The van der Waals surface area contributed by atoms with E-state index in [0.29, 0.717) is 12.4 Å². The van der Waals surface area contributed by atoms with Crippen molar-refractivity contribution in [2.24, 2.45) is 0 Å². The van der Waals surface area contributed by atoms with E-state index in [2.05, 4.69) is 15.3 Å². The SMILES string of the molecule is O=C(Nc1cnc[nH]1)[C@@H]1CCCO1. The third kappa shape index (κ3) is 1.86. The first-order chi connectivity index (χ1) is 6.36. The molecule has 0 aliphatic carbocycles. The molecule has 0 radical (unpaired) electrons. The average molecular weight is 181 g/mol. The van der Waals surface area contributed by atoms with E-state index in [9.17, 15) is 4.79 Å². The normalized spacial score (nSPS) is 21.7. The minimum Gasteiger partial charge on any atom is -0.368 e. The van der Waals surface area contributed by atoms with Gasteiger partial charge in [0.25, 0.3) is 5.91 Å². The molecule has 70 valence electrons. The summed E-state index contributed by atoms with van der Waals surface area (Å²) >= 11 is 0. The highest BCUT2D eigenvalue weighted by atomic mass is 16.5. The summed E-state index contributed by atoms with van der Waals surface area (Å²) in [5.41, 5.74) is 0. The second-order valence-corrected chi connectivity index (χ2v) is 2.96. The minimum absolute atomic E-state index is 0.0956. The lowest BCUT2D eigenvalue weighted by atomic mass is 10.2. The molecular formula is C8H11N3O2. The minimum atomic E-state index is -0.289. The number of imidazole rings is 1. The van der Waals surface area contributed by atoms with Gasteiger partial charge in [0.15, 0.2) is 0 Å². The molecule has 0 bridgehead atoms. The van der Waals surface area contributed by atoms with Crippen LogP contribution in [0.3, 0.4) is 0 Å². The Morgan fingerprint density at radius 2 is 2.69 bits per heavy atom. The van der Waals surface area contributed by atoms with Crippen LogP contribution in [0.15, 0.2) is 12.5 Å². The zero-order valence-corrected chi connectivity index (χ0v) is 7.12. The summed E-state index contributed by atoms with van der Waals surface area (Å²) in [6, 6.07) is 0. The van der Waals surface area contributed by atoms with Crippen LogP contribution >= 0.6 is 0 Å². The third-order valence-corrected chi connectivity index (χ3v) is 1.98. The Kier molecular flexibility index (Phi) is 2.27. The Hall–Kier alpha value is -1.36. The molecule has 1 saturated heterocycles. The molecule has 5 heteroatoms.